The average molecular weight is 345 g/mol. The lowest BCUT2D eigenvalue weighted by Gasteiger charge is -2.28. The Labute approximate surface area is 152 Å². The SMILES string of the molecule is CC.CCCN(CC)/C1=C/Cc2ccccc2Nc2sc(C)cc21.[HH]. The van der Waals surface area contributed by atoms with Gasteiger partial charge in [-0.3, -0.25) is 0 Å². The van der Waals surface area contributed by atoms with Crippen LogP contribution in [0.15, 0.2) is 36.4 Å². The van der Waals surface area contributed by atoms with Crippen LogP contribution in [0, 0.1) is 6.92 Å². The standard InChI is InChI=1S/C19H24N2S.C2H6.H2/c1-4-12-21(5-2)18-11-10-15-8-6-7-9-17(15)20-19-16(18)13-14(3)22-19;1-2;/h6-9,11,13,20H,4-5,10,12H2,1-3H3;1-2H3;1H/b18-11+;;. The molecule has 0 bridgehead atoms. The van der Waals surface area contributed by atoms with E-state index in [1.165, 1.54) is 38.8 Å². The van der Waals surface area contributed by atoms with Crippen LogP contribution >= 0.6 is 11.3 Å². The van der Waals surface area contributed by atoms with Crippen molar-refractivity contribution < 1.29 is 1.43 Å². The minimum absolute atomic E-state index is 0. The summed E-state index contributed by atoms with van der Waals surface area (Å²) in [6.07, 6.45) is 4.56. The molecule has 2 nitrogen and oxygen atoms in total. The first-order valence-electron chi connectivity index (χ1n) is 9.13. The first-order chi connectivity index (χ1) is 11.7. The predicted octanol–water partition coefficient (Wildman–Crippen LogP) is 6.70. The van der Waals surface area contributed by atoms with E-state index in [1.807, 2.05) is 25.2 Å². The zero-order valence-electron chi connectivity index (χ0n) is 15.6. The van der Waals surface area contributed by atoms with Crippen molar-refractivity contribution in [3.63, 3.8) is 0 Å². The number of aryl methyl sites for hydroxylation is 1. The molecule has 1 aliphatic heterocycles. The van der Waals surface area contributed by atoms with Gasteiger partial charge in [0.15, 0.2) is 0 Å². The van der Waals surface area contributed by atoms with Crippen LogP contribution in [0.25, 0.3) is 5.70 Å². The van der Waals surface area contributed by atoms with Gasteiger partial charge in [0, 0.05) is 36.3 Å². The molecule has 0 atom stereocenters. The van der Waals surface area contributed by atoms with E-state index in [0.29, 0.717) is 0 Å². The van der Waals surface area contributed by atoms with Crippen molar-refractivity contribution in [3.05, 3.63) is 52.4 Å². The molecule has 0 spiro atoms. The molecule has 132 valence electrons. The van der Waals surface area contributed by atoms with Gasteiger partial charge in [0.25, 0.3) is 0 Å². The number of nitrogens with zero attached hydrogens (tertiary/aromatic N) is 1. The lowest BCUT2D eigenvalue weighted by atomic mass is 10.0. The molecule has 2 aromatic rings. The summed E-state index contributed by atoms with van der Waals surface area (Å²) in [7, 11) is 0. The lowest BCUT2D eigenvalue weighted by Crippen LogP contribution is -2.23. The van der Waals surface area contributed by atoms with Gasteiger partial charge in [-0.1, -0.05) is 45.0 Å². The Bertz CT molecular complexity index is 691. The molecule has 24 heavy (non-hydrogen) atoms. The summed E-state index contributed by atoms with van der Waals surface area (Å²) in [5, 5.41) is 4.93. The zero-order valence-corrected chi connectivity index (χ0v) is 16.5. The highest BCUT2D eigenvalue weighted by Gasteiger charge is 2.19. The summed E-state index contributed by atoms with van der Waals surface area (Å²) in [5.74, 6) is 0. The Hall–Kier alpha value is -1.74. The number of para-hydroxylation sites is 1. The van der Waals surface area contributed by atoms with Gasteiger partial charge >= 0.3 is 0 Å². The number of benzene rings is 1. The topological polar surface area (TPSA) is 15.3 Å². The highest BCUT2D eigenvalue weighted by Crippen LogP contribution is 2.39. The summed E-state index contributed by atoms with van der Waals surface area (Å²) >= 11 is 1.85. The van der Waals surface area contributed by atoms with Crippen LogP contribution in [-0.4, -0.2) is 18.0 Å². The Morgan fingerprint density at radius 2 is 1.96 bits per heavy atom. The van der Waals surface area contributed by atoms with Crippen molar-refractivity contribution in [1.29, 1.82) is 0 Å². The van der Waals surface area contributed by atoms with E-state index in [-0.39, 0.29) is 1.43 Å². The number of hydrogen-bond acceptors (Lipinski definition) is 3. The number of thiophene rings is 1. The molecule has 0 fully saturated rings. The molecule has 0 radical (unpaired) electrons. The third-order valence-electron chi connectivity index (χ3n) is 4.13. The van der Waals surface area contributed by atoms with Crippen molar-refractivity contribution in [2.45, 2.75) is 47.5 Å². The van der Waals surface area contributed by atoms with Crippen LogP contribution in [0.5, 0.6) is 0 Å². The largest absolute Gasteiger partial charge is 0.372 e. The molecule has 1 aromatic carbocycles. The fourth-order valence-electron chi connectivity index (χ4n) is 3.07. The summed E-state index contributed by atoms with van der Waals surface area (Å²) in [6, 6.07) is 11.0. The number of nitrogens with one attached hydrogen (secondary N) is 1. The molecule has 3 rings (SSSR count). The molecular weight excluding hydrogens is 312 g/mol. The van der Waals surface area contributed by atoms with Gasteiger partial charge in [0.2, 0.25) is 0 Å². The van der Waals surface area contributed by atoms with Gasteiger partial charge in [0.05, 0.1) is 0 Å². The number of anilines is 2. The molecule has 1 aromatic heterocycles. The first kappa shape index (κ1) is 18.6. The molecule has 0 saturated heterocycles. The Morgan fingerprint density at radius 3 is 2.67 bits per heavy atom. The van der Waals surface area contributed by atoms with Gasteiger partial charge in [-0.2, -0.15) is 0 Å². The fourth-order valence-corrected chi connectivity index (χ4v) is 4.01. The third-order valence-corrected chi connectivity index (χ3v) is 5.09. The van der Waals surface area contributed by atoms with Crippen LogP contribution < -0.4 is 5.32 Å². The second kappa shape index (κ2) is 8.93. The minimum Gasteiger partial charge on any atom is -0.372 e. The Kier molecular flexibility index (Phi) is 6.92. The monoisotopic (exact) mass is 344 g/mol. The van der Waals surface area contributed by atoms with E-state index in [9.17, 15) is 0 Å². The van der Waals surface area contributed by atoms with Crippen LogP contribution in [0.1, 0.15) is 51.5 Å². The second-order valence-electron chi connectivity index (χ2n) is 5.76. The highest BCUT2D eigenvalue weighted by atomic mass is 32.1. The van der Waals surface area contributed by atoms with Crippen molar-refractivity contribution in [3.8, 4) is 0 Å². The molecule has 0 unspecified atom stereocenters. The molecule has 1 N–H and O–H groups in total. The van der Waals surface area contributed by atoms with E-state index >= 15 is 0 Å². The number of fused-ring (bicyclic) bond motifs is 2. The van der Waals surface area contributed by atoms with Crippen LogP contribution in [-0.2, 0) is 6.42 Å². The Morgan fingerprint density at radius 1 is 1.21 bits per heavy atom. The summed E-state index contributed by atoms with van der Waals surface area (Å²) < 4.78 is 0. The molecule has 0 aliphatic carbocycles. The van der Waals surface area contributed by atoms with E-state index in [2.05, 4.69) is 67.4 Å². The molecular formula is C21H32N2S. The van der Waals surface area contributed by atoms with Gasteiger partial charge in [0.1, 0.15) is 5.00 Å². The molecule has 1 aliphatic rings. The maximum Gasteiger partial charge on any atom is 0.102 e. The predicted molar refractivity (Wildman–Crippen MR) is 111 cm³/mol. The van der Waals surface area contributed by atoms with Gasteiger partial charge in [-0.25, -0.2) is 0 Å². The lowest BCUT2D eigenvalue weighted by molar-refractivity contribution is 0.417. The normalized spacial score (nSPS) is 14.6. The zero-order chi connectivity index (χ0) is 17.5. The maximum atomic E-state index is 3.67. The van der Waals surface area contributed by atoms with E-state index in [1.54, 1.807) is 0 Å². The third kappa shape index (κ3) is 4.02. The summed E-state index contributed by atoms with van der Waals surface area (Å²) in [4.78, 5) is 3.86. The van der Waals surface area contributed by atoms with Crippen LogP contribution in [0.4, 0.5) is 10.7 Å². The summed E-state index contributed by atoms with van der Waals surface area (Å²) in [6.45, 7) is 12.8. The number of hydrogen-bond donors (Lipinski definition) is 1. The molecule has 3 heteroatoms. The molecule has 0 saturated carbocycles. The maximum absolute atomic E-state index is 3.67. The van der Waals surface area contributed by atoms with Gasteiger partial charge < -0.3 is 10.2 Å². The van der Waals surface area contributed by atoms with Crippen molar-refractivity contribution >= 4 is 27.7 Å². The van der Waals surface area contributed by atoms with E-state index in [0.717, 1.165) is 19.5 Å². The Balaban J connectivity index is 0.00000101. The van der Waals surface area contributed by atoms with Crippen molar-refractivity contribution in [2.24, 2.45) is 0 Å². The number of rotatable bonds is 4. The quantitative estimate of drug-likeness (QED) is 0.663. The molecule has 2 heterocycles. The van der Waals surface area contributed by atoms with Gasteiger partial charge in [-0.15, -0.1) is 11.3 Å². The van der Waals surface area contributed by atoms with Crippen LogP contribution in [0.3, 0.4) is 0 Å². The minimum atomic E-state index is 0. The van der Waals surface area contributed by atoms with Crippen LogP contribution in [0.2, 0.25) is 0 Å². The van der Waals surface area contributed by atoms with Gasteiger partial charge in [-0.05, 0) is 44.4 Å². The smallest absolute Gasteiger partial charge is 0.102 e. The number of allylic oxidation sites excluding steroid dienone is 1. The van der Waals surface area contributed by atoms with Crippen molar-refractivity contribution in [2.75, 3.05) is 18.4 Å². The summed E-state index contributed by atoms with van der Waals surface area (Å²) in [5.41, 5.74) is 5.33. The first-order valence-corrected chi connectivity index (χ1v) is 9.95. The molecule has 0 amide bonds. The van der Waals surface area contributed by atoms with Crippen molar-refractivity contribution in [1.82, 2.24) is 4.90 Å². The fraction of sp³-hybridized carbons (Fsp3) is 0.429. The second-order valence-corrected chi connectivity index (χ2v) is 7.01. The van der Waals surface area contributed by atoms with E-state index in [4.69, 9.17) is 0 Å². The highest BCUT2D eigenvalue weighted by molar-refractivity contribution is 7.16. The van der Waals surface area contributed by atoms with E-state index < -0.39 is 0 Å². The average Bonchev–Trinajstić information content (AvgIpc) is 2.95.